The number of nitrogens with one attached hydrogen (secondary N) is 1. The van der Waals surface area contributed by atoms with Crippen molar-refractivity contribution in [3.8, 4) is 0 Å². The average Bonchev–Trinajstić information content (AvgIpc) is 2.34. The van der Waals surface area contributed by atoms with Crippen molar-refractivity contribution in [3.05, 3.63) is 11.6 Å². The van der Waals surface area contributed by atoms with Gasteiger partial charge in [0, 0.05) is 12.6 Å². The zero-order valence-electron chi connectivity index (χ0n) is 12.9. The normalized spacial score (nSPS) is 30.2. The van der Waals surface area contributed by atoms with Crippen molar-refractivity contribution >= 4 is 10.0 Å². The van der Waals surface area contributed by atoms with Crippen LogP contribution in [0.25, 0.3) is 0 Å². The van der Waals surface area contributed by atoms with Crippen LogP contribution in [0.5, 0.6) is 0 Å². The Morgan fingerprint density at radius 3 is 2.50 bits per heavy atom. The second kappa shape index (κ2) is 6.58. The highest BCUT2D eigenvalue weighted by atomic mass is 32.2. The quantitative estimate of drug-likeness (QED) is 0.808. The second-order valence-corrected chi connectivity index (χ2v) is 8.35. The van der Waals surface area contributed by atoms with E-state index in [0.29, 0.717) is 5.92 Å². The summed E-state index contributed by atoms with van der Waals surface area (Å²) >= 11 is 0. The summed E-state index contributed by atoms with van der Waals surface area (Å²) in [7, 11) is -3.06. The first-order valence-electron chi connectivity index (χ1n) is 7.71. The van der Waals surface area contributed by atoms with Gasteiger partial charge in [0.05, 0.1) is 6.26 Å². The van der Waals surface area contributed by atoms with E-state index in [0.717, 1.165) is 38.4 Å². The van der Waals surface area contributed by atoms with E-state index in [4.69, 9.17) is 0 Å². The van der Waals surface area contributed by atoms with Crippen molar-refractivity contribution in [1.82, 2.24) is 9.62 Å². The lowest BCUT2D eigenvalue weighted by Gasteiger charge is -2.37. The monoisotopic (exact) mass is 300 g/mol. The molecular weight excluding hydrogens is 272 g/mol. The number of rotatable bonds is 4. The summed E-state index contributed by atoms with van der Waals surface area (Å²) in [4.78, 5) is 2.50. The van der Waals surface area contributed by atoms with Gasteiger partial charge in [-0.2, -0.15) is 0 Å². The first-order chi connectivity index (χ1) is 9.35. The molecule has 0 saturated carbocycles. The first-order valence-corrected chi connectivity index (χ1v) is 9.60. The predicted octanol–water partition coefficient (Wildman–Crippen LogP) is 1.99. The zero-order valence-corrected chi connectivity index (χ0v) is 13.7. The molecule has 0 bridgehead atoms. The van der Waals surface area contributed by atoms with E-state index in [-0.39, 0.29) is 6.04 Å². The van der Waals surface area contributed by atoms with Crippen LogP contribution in [0.15, 0.2) is 11.6 Å². The van der Waals surface area contributed by atoms with Gasteiger partial charge in [0.25, 0.3) is 0 Å². The number of hydrogen-bond donors (Lipinski definition) is 1. The molecule has 1 aliphatic heterocycles. The van der Waals surface area contributed by atoms with Gasteiger partial charge < -0.3 is 4.90 Å². The van der Waals surface area contributed by atoms with Gasteiger partial charge in [-0.1, -0.05) is 18.6 Å². The van der Waals surface area contributed by atoms with E-state index < -0.39 is 10.0 Å². The van der Waals surface area contributed by atoms with Gasteiger partial charge in [-0.15, -0.1) is 0 Å². The SMILES string of the molecule is CC1=CCC[C@@H](C)[C@H]1CN1CCC(NS(C)(=O)=O)CC1. The molecule has 1 saturated heterocycles. The molecule has 0 aromatic rings. The number of sulfonamides is 1. The van der Waals surface area contributed by atoms with Crippen LogP contribution in [0.3, 0.4) is 0 Å². The third-order valence-corrected chi connectivity index (χ3v) is 5.54. The summed E-state index contributed by atoms with van der Waals surface area (Å²) in [5.74, 6) is 1.45. The van der Waals surface area contributed by atoms with Crippen molar-refractivity contribution in [2.75, 3.05) is 25.9 Å². The third kappa shape index (κ3) is 4.57. The van der Waals surface area contributed by atoms with Crippen LogP contribution in [-0.2, 0) is 10.0 Å². The minimum absolute atomic E-state index is 0.127. The van der Waals surface area contributed by atoms with Crippen molar-refractivity contribution in [2.24, 2.45) is 11.8 Å². The Labute approximate surface area is 123 Å². The van der Waals surface area contributed by atoms with E-state index in [2.05, 4.69) is 29.5 Å². The maximum atomic E-state index is 11.3. The molecule has 4 nitrogen and oxygen atoms in total. The van der Waals surface area contributed by atoms with Crippen molar-refractivity contribution < 1.29 is 8.42 Å². The molecule has 2 rings (SSSR count). The Bertz CT molecular complexity index is 450. The van der Waals surface area contributed by atoms with Crippen LogP contribution in [0.2, 0.25) is 0 Å². The van der Waals surface area contributed by atoms with Gasteiger partial charge in [-0.3, -0.25) is 0 Å². The van der Waals surface area contributed by atoms with Crippen molar-refractivity contribution in [1.29, 1.82) is 0 Å². The van der Waals surface area contributed by atoms with Crippen LogP contribution in [-0.4, -0.2) is 45.2 Å². The summed E-state index contributed by atoms with van der Waals surface area (Å²) in [5, 5.41) is 0. The molecule has 2 aliphatic rings. The lowest BCUT2D eigenvalue weighted by Crippen LogP contribution is -2.46. The molecule has 1 N–H and O–H groups in total. The van der Waals surface area contributed by atoms with Crippen LogP contribution in [0, 0.1) is 11.8 Å². The van der Waals surface area contributed by atoms with E-state index in [1.807, 2.05) is 0 Å². The Morgan fingerprint density at radius 1 is 1.30 bits per heavy atom. The number of likely N-dealkylation sites (tertiary alicyclic amines) is 1. The first kappa shape index (κ1) is 16.0. The number of nitrogens with zero attached hydrogens (tertiary/aromatic N) is 1. The topological polar surface area (TPSA) is 49.4 Å². The molecule has 1 heterocycles. The number of piperidine rings is 1. The standard InChI is InChI=1S/C15H28N2O2S/c1-12-5-4-6-13(2)15(12)11-17-9-7-14(8-10-17)16-20(3,18)19/h5,13-16H,4,6-11H2,1-3H3/t13-,15+/m1/s1. The Hall–Kier alpha value is -0.390. The van der Waals surface area contributed by atoms with Gasteiger partial charge in [0.15, 0.2) is 0 Å². The highest BCUT2D eigenvalue weighted by Crippen LogP contribution is 2.31. The predicted molar refractivity (Wildman–Crippen MR) is 83.1 cm³/mol. The summed E-state index contributed by atoms with van der Waals surface area (Å²) in [5.41, 5.74) is 1.54. The van der Waals surface area contributed by atoms with E-state index in [1.54, 1.807) is 5.57 Å². The summed E-state index contributed by atoms with van der Waals surface area (Å²) in [6.45, 7) is 7.76. The molecule has 2 atom stereocenters. The number of hydrogen-bond acceptors (Lipinski definition) is 3. The maximum absolute atomic E-state index is 11.3. The zero-order chi connectivity index (χ0) is 14.8. The van der Waals surface area contributed by atoms with Crippen molar-refractivity contribution in [2.45, 2.75) is 45.6 Å². The van der Waals surface area contributed by atoms with E-state index in [9.17, 15) is 8.42 Å². The van der Waals surface area contributed by atoms with Crippen molar-refractivity contribution in [3.63, 3.8) is 0 Å². The molecule has 20 heavy (non-hydrogen) atoms. The maximum Gasteiger partial charge on any atom is 0.208 e. The molecule has 116 valence electrons. The highest BCUT2D eigenvalue weighted by molar-refractivity contribution is 7.88. The molecule has 0 aromatic heterocycles. The summed E-state index contributed by atoms with van der Waals surface area (Å²) < 4.78 is 25.2. The van der Waals surface area contributed by atoms with Crippen LogP contribution in [0.1, 0.15) is 39.5 Å². The smallest absolute Gasteiger partial charge is 0.208 e. The van der Waals surface area contributed by atoms with Gasteiger partial charge >= 0.3 is 0 Å². The van der Waals surface area contributed by atoms with Crippen LogP contribution >= 0.6 is 0 Å². The van der Waals surface area contributed by atoms with E-state index >= 15 is 0 Å². The molecule has 0 radical (unpaired) electrons. The minimum atomic E-state index is -3.06. The fraction of sp³-hybridized carbons (Fsp3) is 0.867. The van der Waals surface area contributed by atoms with Gasteiger partial charge in [0.1, 0.15) is 0 Å². The van der Waals surface area contributed by atoms with Crippen LogP contribution in [0.4, 0.5) is 0 Å². The van der Waals surface area contributed by atoms with E-state index in [1.165, 1.54) is 19.1 Å². The summed E-state index contributed by atoms with van der Waals surface area (Å²) in [6.07, 6.45) is 8.02. The van der Waals surface area contributed by atoms with Gasteiger partial charge in [0.2, 0.25) is 10.0 Å². The third-order valence-electron chi connectivity index (χ3n) is 4.78. The Kier molecular flexibility index (Phi) is 5.26. The largest absolute Gasteiger partial charge is 0.303 e. The minimum Gasteiger partial charge on any atom is -0.303 e. The highest BCUT2D eigenvalue weighted by Gasteiger charge is 2.27. The molecule has 1 fully saturated rings. The molecule has 5 heteroatoms. The number of allylic oxidation sites excluding steroid dienone is 1. The molecule has 0 aromatic carbocycles. The molecular formula is C15H28N2O2S. The average molecular weight is 300 g/mol. The van der Waals surface area contributed by atoms with Gasteiger partial charge in [-0.25, -0.2) is 13.1 Å². The molecule has 0 amide bonds. The second-order valence-electron chi connectivity index (χ2n) is 6.57. The fourth-order valence-electron chi connectivity index (χ4n) is 3.51. The lowest BCUT2D eigenvalue weighted by molar-refractivity contribution is 0.165. The molecule has 1 aliphatic carbocycles. The lowest BCUT2D eigenvalue weighted by atomic mass is 9.79. The summed E-state index contributed by atoms with van der Waals surface area (Å²) in [6, 6.07) is 0.127. The van der Waals surface area contributed by atoms with Gasteiger partial charge in [-0.05, 0) is 57.5 Å². The molecule has 0 spiro atoms. The molecule has 0 unspecified atom stereocenters. The Balaban J connectivity index is 1.82. The van der Waals surface area contributed by atoms with Crippen LogP contribution < -0.4 is 4.72 Å². The fourth-order valence-corrected chi connectivity index (χ4v) is 4.35. The Morgan fingerprint density at radius 2 is 1.95 bits per heavy atom.